The number of nitrogens with zero attached hydrogens (tertiary/aromatic N) is 6. The number of fused-ring (bicyclic) bond motifs is 6. The minimum absolute atomic E-state index is 0.200. The molecule has 1 saturated heterocycles. The Morgan fingerprint density at radius 2 is 1.69 bits per heavy atom. The Labute approximate surface area is 298 Å². The van der Waals surface area contributed by atoms with Gasteiger partial charge < -0.3 is 14.6 Å². The first kappa shape index (κ1) is 33.7. The van der Waals surface area contributed by atoms with E-state index in [9.17, 15) is 17.6 Å². The fourth-order valence-corrected chi connectivity index (χ4v) is 7.47. The molecule has 1 fully saturated rings. The standard InChI is InChI=1S/C38H35F2N7O4S/c1-41-38(48)35-26-18-25(31(45(3)52(4,49)50)20-33(26)51-37(35)22-8-10-23(39)11-9-22)28-12-13-29-36(43-28)32-19-24-27(40)6-5-7-30(24)47(32)34(42-29)21-46-16-14-44(2)15-17-46/h5-13,18-20H,14-17,21H2,1-4H3,(H,41,48). The van der Waals surface area contributed by atoms with Crippen molar-refractivity contribution in [2.45, 2.75) is 6.54 Å². The van der Waals surface area contributed by atoms with Crippen molar-refractivity contribution in [3.05, 3.63) is 95.8 Å². The summed E-state index contributed by atoms with van der Waals surface area (Å²) in [6, 6.07) is 19.1. The van der Waals surface area contributed by atoms with Crippen LogP contribution in [0.2, 0.25) is 0 Å². The average molecular weight is 724 g/mol. The molecular weight excluding hydrogens is 689 g/mol. The van der Waals surface area contributed by atoms with Crippen LogP contribution in [0, 0.1) is 11.6 Å². The first-order valence-electron chi connectivity index (χ1n) is 16.7. The molecule has 0 spiro atoms. The number of anilines is 1. The molecule has 0 unspecified atom stereocenters. The maximum Gasteiger partial charge on any atom is 0.255 e. The number of carbonyl (C=O) groups is 1. The highest BCUT2D eigenvalue weighted by Gasteiger charge is 2.27. The van der Waals surface area contributed by atoms with Crippen LogP contribution in [0.5, 0.6) is 0 Å². The Bertz CT molecular complexity index is 2670. The Hall–Kier alpha value is -5.44. The van der Waals surface area contributed by atoms with Gasteiger partial charge in [0.15, 0.2) is 0 Å². The Morgan fingerprint density at radius 1 is 0.942 bits per heavy atom. The van der Waals surface area contributed by atoms with Gasteiger partial charge in [-0.3, -0.25) is 18.4 Å². The summed E-state index contributed by atoms with van der Waals surface area (Å²) in [5.41, 5.74) is 4.38. The Kier molecular flexibility index (Phi) is 8.20. The number of piperazine rings is 1. The lowest BCUT2D eigenvalue weighted by Gasteiger charge is -2.32. The van der Waals surface area contributed by atoms with Gasteiger partial charge in [-0.15, -0.1) is 0 Å². The number of nitrogens with one attached hydrogen (secondary N) is 1. The molecule has 0 atom stereocenters. The summed E-state index contributed by atoms with van der Waals surface area (Å²) < 4.78 is 64.4. The van der Waals surface area contributed by atoms with Crippen molar-refractivity contribution in [2.75, 3.05) is 57.9 Å². The largest absolute Gasteiger partial charge is 0.455 e. The maximum atomic E-state index is 15.3. The SMILES string of the molecule is CNC(=O)c1c(-c2ccc(F)cc2)oc2cc(N(C)S(C)(=O)=O)c(-c3ccc4nc(CN5CCN(C)CC5)n5c6cccc(F)c6cc5c4n3)cc12. The van der Waals surface area contributed by atoms with E-state index in [1.165, 1.54) is 44.4 Å². The molecule has 3 aromatic carbocycles. The van der Waals surface area contributed by atoms with Crippen LogP contribution in [0.3, 0.4) is 0 Å². The summed E-state index contributed by atoms with van der Waals surface area (Å²) in [6.45, 7) is 4.16. The van der Waals surface area contributed by atoms with E-state index < -0.39 is 21.7 Å². The molecule has 0 bridgehead atoms. The van der Waals surface area contributed by atoms with Gasteiger partial charge in [0.2, 0.25) is 10.0 Å². The lowest BCUT2D eigenvalue weighted by Crippen LogP contribution is -2.44. The van der Waals surface area contributed by atoms with E-state index in [0.29, 0.717) is 56.2 Å². The van der Waals surface area contributed by atoms with Crippen LogP contribution < -0.4 is 9.62 Å². The second kappa shape index (κ2) is 12.7. The summed E-state index contributed by atoms with van der Waals surface area (Å²) in [5.74, 6) is -0.302. The number of carbonyl (C=O) groups excluding carboxylic acids is 1. The molecule has 4 aromatic heterocycles. The minimum atomic E-state index is -3.78. The van der Waals surface area contributed by atoms with Crippen LogP contribution in [-0.4, -0.2) is 92.1 Å². The van der Waals surface area contributed by atoms with E-state index in [4.69, 9.17) is 14.4 Å². The van der Waals surface area contributed by atoms with Gasteiger partial charge in [-0.1, -0.05) is 6.07 Å². The molecule has 5 heterocycles. The molecule has 0 radical (unpaired) electrons. The first-order valence-corrected chi connectivity index (χ1v) is 18.6. The van der Waals surface area contributed by atoms with Crippen molar-refractivity contribution in [1.29, 1.82) is 0 Å². The summed E-state index contributed by atoms with van der Waals surface area (Å²) in [4.78, 5) is 28.1. The van der Waals surface area contributed by atoms with Crippen LogP contribution in [0.1, 0.15) is 16.2 Å². The summed E-state index contributed by atoms with van der Waals surface area (Å²) in [5, 5.41) is 3.50. The molecule has 1 aliphatic rings. The molecule has 8 rings (SSSR count). The summed E-state index contributed by atoms with van der Waals surface area (Å²) in [6.07, 6.45) is 1.09. The average Bonchev–Trinajstić information content (AvgIpc) is 3.71. The third kappa shape index (κ3) is 5.72. The number of likely N-dealkylation sites (N-methyl/N-ethyl adjacent to an activating group) is 1. The molecule has 11 nitrogen and oxygen atoms in total. The smallest absolute Gasteiger partial charge is 0.255 e. The second-order valence-electron chi connectivity index (χ2n) is 13.2. The number of halogens is 2. The number of hydrogen-bond acceptors (Lipinski definition) is 8. The number of benzene rings is 3. The molecule has 14 heteroatoms. The van der Waals surface area contributed by atoms with E-state index in [2.05, 4.69) is 22.2 Å². The van der Waals surface area contributed by atoms with Crippen molar-refractivity contribution in [2.24, 2.45) is 0 Å². The molecule has 1 aliphatic heterocycles. The van der Waals surface area contributed by atoms with Crippen molar-refractivity contribution < 1.29 is 26.4 Å². The predicted molar refractivity (Wildman–Crippen MR) is 198 cm³/mol. The zero-order valence-electron chi connectivity index (χ0n) is 28.9. The van der Waals surface area contributed by atoms with Crippen molar-refractivity contribution >= 4 is 60.0 Å². The van der Waals surface area contributed by atoms with Crippen molar-refractivity contribution in [3.63, 3.8) is 0 Å². The predicted octanol–water partition coefficient (Wildman–Crippen LogP) is 5.90. The van der Waals surface area contributed by atoms with E-state index in [-0.39, 0.29) is 28.4 Å². The number of pyridine rings is 1. The third-order valence-electron chi connectivity index (χ3n) is 9.86. The van der Waals surface area contributed by atoms with Crippen LogP contribution in [0.15, 0.2) is 77.2 Å². The van der Waals surface area contributed by atoms with Gasteiger partial charge >= 0.3 is 0 Å². The summed E-state index contributed by atoms with van der Waals surface area (Å²) >= 11 is 0. The van der Waals surface area contributed by atoms with Crippen LogP contribution in [0.25, 0.3) is 61.0 Å². The van der Waals surface area contributed by atoms with Gasteiger partial charge in [-0.05, 0) is 67.7 Å². The lowest BCUT2D eigenvalue weighted by molar-refractivity contribution is 0.0964. The monoisotopic (exact) mass is 723 g/mol. The van der Waals surface area contributed by atoms with Gasteiger partial charge in [0.1, 0.15) is 34.3 Å². The van der Waals surface area contributed by atoms with E-state index in [1.807, 2.05) is 16.5 Å². The number of rotatable bonds is 7. The van der Waals surface area contributed by atoms with Crippen LogP contribution >= 0.6 is 0 Å². The Morgan fingerprint density at radius 3 is 2.40 bits per heavy atom. The lowest BCUT2D eigenvalue weighted by atomic mass is 10.0. The maximum absolute atomic E-state index is 15.3. The fourth-order valence-electron chi connectivity index (χ4n) is 6.96. The van der Waals surface area contributed by atoms with Crippen molar-refractivity contribution in [1.82, 2.24) is 29.5 Å². The van der Waals surface area contributed by atoms with Crippen molar-refractivity contribution in [3.8, 4) is 22.6 Å². The van der Waals surface area contributed by atoms with Crippen LogP contribution in [-0.2, 0) is 16.6 Å². The van der Waals surface area contributed by atoms with E-state index in [0.717, 1.165) is 42.6 Å². The molecule has 7 aromatic rings. The number of furan rings is 1. The number of aromatic nitrogens is 3. The number of amides is 1. The zero-order chi connectivity index (χ0) is 36.5. The zero-order valence-corrected chi connectivity index (χ0v) is 29.8. The van der Waals surface area contributed by atoms with Crippen LogP contribution in [0.4, 0.5) is 14.5 Å². The highest BCUT2D eigenvalue weighted by atomic mass is 32.2. The first-order chi connectivity index (χ1) is 24.9. The third-order valence-corrected chi connectivity index (χ3v) is 11.0. The second-order valence-corrected chi connectivity index (χ2v) is 15.2. The topological polar surface area (TPSA) is 116 Å². The molecule has 0 saturated carbocycles. The highest BCUT2D eigenvalue weighted by Crippen LogP contribution is 2.41. The fraction of sp³-hybridized carbons (Fsp3) is 0.237. The number of sulfonamides is 1. The Balaban J connectivity index is 1.38. The van der Waals surface area contributed by atoms with Gasteiger partial charge in [0, 0.05) is 68.2 Å². The molecule has 1 amide bonds. The van der Waals surface area contributed by atoms with Gasteiger partial charge in [-0.25, -0.2) is 27.2 Å². The molecule has 0 aliphatic carbocycles. The quantitative estimate of drug-likeness (QED) is 0.216. The van der Waals surface area contributed by atoms with E-state index in [1.54, 1.807) is 30.3 Å². The van der Waals surface area contributed by atoms with Gasteiger partial charge in [0.25, 0.3) is 5.91 Å². The molecule has 1 N–H and O–H groups in total. The normalized spacial score (nSPS) is 14.6. The molecule has 52 heavy (non-hydrogen) atoms. The van der Waals surface area contributed by atoms with Gasteiger partial charge in [0.05, 0.1) is 46.3 Å². The minimum Gasteiger partial charge on any atom is -0.455 e. The molecule has 266 valence electrons. The number of hydrogen-bond donors (Lipinski definition) is 1. The highest BCUT2D eigenvalue weighted by molar-refractivity contribution is 7.92. The molecular formula is C38H35F2N7O4S. The van der Waals surface area contributed by atoms with E-state index >= 15 is 4.39 Å². The summed E-state index contributed by atoms with van der Waals surface area (Å²) in [7, 11) is 1.24. The van der Waals surface area contributed by atoms with Gasteiger partial charge in [-0.2, -0.15) is 0 Å².